The summed E-state index contributed by atoms with van der Waals surface area (Å²) in [6, 6.07) is 8.32. The third kappa shape index (κ3) is 2.75. The maximum absolute atomic E-state index is 3.77. The smallest absolute Gasteiger partial charge is 0.0515 e. The highest BCUT2D eigenvalue weighted by molar-refractivity contribution is 9.10. The Balaban J connectivity index is 1.76. The van der Waals surface area contributed by atoms with Crippen molar-refractivity contribution in [3.8, 4) is 0 Å². The summed E-state index contributed by atoms with van der Waals surface area (Å²) in [5.74, 6) is 0.917. The van der Waals surface area contributed by atoms with Crippen LogP contribution in [-0.4, -0.2) is 25.7 Å². The van der Waals surface area contributed by atoms with E-state index in [0.29, 0.717) is 0 Å². The molecule has 3 rings (SSSR count). The zero-order chi connectivity index (χ0) is 14.1. The molecule has 2 atom stereocenters. The highest BCUT2D eigenvalue weighted by atomic mass is 79.9. The van der Waals surface area contributed by atoms with Crippen molar-refractivity contribution in [1.82, 2.24) is 5.32 Å². The van der Waals surface area contributed by atoms with Crippen molar-refractivity contribution in [2.24, 2.45) is 5.92 Å². The molecule has 2 aliphatic heterocycles. The number of fused-ring (bicyclic) bond motifs is 2. The average Bonchev–Trinajstić information content (AvgIpc) is 2.68. The largest absolute Gasteiger partial charge is 0.365 e. The van der Waals surface area contributed by atoms with Crippen molar-refractivity contribution < 1.29 is 0 Å². The topological polar surface area (TPSA) is 15.3 Å². The number of benzene rings is 1. The summed E-state index contributed by atoms with van der Waals surface area (Å²) in [7, 11) is 2.06. The van der Waals surface area contributed by atoms with Gasteiger partial charge in [-0.25, -0.2) is 0 Å². The number of aryl methyl sites for hydroxylation is 1. The number of hydrogen-bond donors (Lipinski definition) is 1. The molecule has 2 aliphatic rings. The van der Waals surface area contributed by atoms with Crippen LogP contribution in [0.1, 0.15) is 37.7 Å². The molecule has 0 aliphatic carbocycles. The van der Waals surface area contributed by atoms with E-state index < -0.39 is 0 Å². The van der Waals surface area contributed by atoms with Gasteiger partial charge in [-0.2, -0.15) is 0 Å². The summed E-state index contributed by atoms with van der Waals surface area (Å²) >= 11 is 3.77. The van der Waals surface area contributed by atoms with Gasteiger partial charge in [0, 0.05) is 16.6 Å². The maximum Gasteiger partial charge on any atom is 0.0515 e. The van der Waals surface area contributed by atoms with E-state index in [9.17, 15) is 0 Å². The van der Waals surface area contributed by atoms with Gasteiger partial charge in [-0.1, -0.05) is 6.07 Å². The highest BCUT2D eigenvalue weighted by Gasteiger charge is 2.40. The number of halogens is 1. The van der Waals surface area contributed by atoms with E-state index in [2.05, 4.69) is 58.3 Å². The molecule has 0 saturated carbocycles. The van der Waals surface area contributed by atoms with Crippen molar-refractivity contribution in [2.75, 3.05) is 18.5 Å². The van der Waals surface area contributed by atoms with Crippen LogP contribution in [0, 0.1) is 12.8 Å². The molecular formula is C17H25BrN2. The van der Waals surface area contributed by atoms with Gasteiger partial charge in [0.25, 0.3) is 0 Å². The standard InChI is InChI=1S/C17H25BrN2/c1-12-3-6-17(16(18)9-12)20-14-4-5-15(20)11-13(10-14)7-8-19-2/h3,6,9,13-15,19H,4-5,7-8,10-11H2,1-2H3. The average molecular weight is 337 g/mol. The third-order valence-electron chi connectivity index (χ3n) is 5.01. The minimum atomic E-state index is 0.759. The molecule has 20 heavy (non-hydrogen) atoms. The summed E-state index contributed by atoms with van der Waals surface area (Å²) in [5, 5.41) is 3.30. The van der Waals surface area contributed by atoms with E-state index in [1.165, 1.54) is 54.4 Å². The normalized spacial score (nSPS) is 28.9. The lowest BCUT2D eigenvalue weighted by Gasteiger charge is -2.41. The predicted octanol–water partition coefficient (Wildman–Crippen LogP) is 4.11. The first kappa shape index (κ1) is 14.4. The van der Waals surface area contributed by atoms with Crippen molar-refractivity contribution in [3.63, 3.8) is 0 Å². The Kier molecular flexibility index (Phi) is 4.37. The van der Waals surface area contributed by atoms with Crippen LogP contribution in [0.3, 0.4) is 0 Å². The molecule has 0 aromatic heterocycles. The van der Waals surface area contributed by atoms with E-state index in [1.807, 2.05) is 0 Å². The van der Waals surface area contributed by atoms with Gasteiger partial charge in [-0.3, -0.25) is 0 Å². The van der Waals surface area contributed by atoms with Crippen LogP contribution >= 0.6 is 15.9 Å². The van der Waals surface area contributed by atoms with Crippen LogP contribution in [0.5, 0.6) is 0 Å². The van der Waals surface area contributed by atoms with Crippen LogP contribution < -0.4 is 10.2 Å². The van der Waals surface area contributed by atoms with Gasteiger partial charge >= 0.3 is 0 Å². The molecule has 1 aromatic carbocycles. The summed E-state index contributed by atoms with van der Waals surface area (Å²) < 4.78 is 1.27. The quantitative estimate of drug-likeness (QED) is 0.889. The summed E-state index contributed by atoms with van der Waals surface area (Å²) in [4.78, 5) is 2.71. The molecule has 2 heterocycles. The lowest BCUT2D eigenvalue weighted by Crippen LogP contribution is -2.43. The Morgan fingerprint density at radius 1 is 1.25 bits per heavy atom. The fourth-order valence-electron chi connectivity index (χ4n) is 4.09. The minimum Gasteiger partial charge on any atom is -0.365 e. The van der Waals surface area contributed by atoms with Gasteiger partial charge in [0.15, 0.2) is 0 Å². The van der Waals surface area contributed by atoms with Crippen LogP contribution in [0.4, 0.5) is 5.69 Å². The van der Waals surface area contributed by atoms with E-state index >= 15 is 0 Å². The third-order valence-corrected chi connectivity index (χ3v) is 5.65. The van der Waals surface area contributed by atoms with Gasteiger partial charge in [0.2, 0.25) is 0 Å². The maximum atomic E-state index is 3.77. The molecule has 0 spiro atoms. The highest BCUT2D eigenvalue weighted by Crippen LogP contribution is 2.44. The monoisotopic (exact) mass is 336 g/mol. The number of nitrogens with one attached hydrogen (secondary N) is 1. The number of anilines is 1. The first-order valence-electron chi connectivity index (χ1n) is 7.88. The molecule has 2 nitrogen and oxygen atoms in total. The molecule has 1 N–H and O–H groups in total. The van der Waals surface area contributed by atoms with Crippen LogP contribution in [0.15, 0.2) is 22.7 Å². The van der Waals surface area contributed by atoms with E-state index in [-0.39, 0.29) is 0 Å². The lowest BCUT2D eigenvalue weighted by atomic mass is 9.87. The Morgan fingerprint density at radius 2 is 1.95 bits per heavy atom. The van der Waals surface area contributed by atoms with Crippen molar-refractivity contribution >= 4 is 21.6 Å². The summed E-state index contributed by atoms with van der Waals surface area (Å²) in [6.45, 7) is 3.32. The minimum absolute atomic E-state index is 0.759. The molecule has 1 aromatic rings. The second-order valence-corrected chi connectivity index (χ2v) is 7.33. The van der Waals surface area contributed by atoms with Crippen LogP contribution in [0.2, 0.25) is 0 Å². The SMILES string of the molecule is CNCCC1CC2CCC(C1)N2c1ccc(C)cc1Br. The zero-order valence-electron chi connectivity index (χ0n) is 12.5. The van der Waals surface area contributed by atoms with Crippen molar-refractivity contribution in [1.29, 1.82) is 0 Å². The second kappa shape index (κ2) is 6.07. The lowest BCUT2D eigenvalue weighted by molar-refractivity contribution is 0.320. The molecule has 0 amide bonds. The predicted molar refractivity (Wildman–Crippen MR) is 89.4 cm³/mol. The van der Waals surface area contributed by atoms with Crippen LogP contribution in [0.25, 0.3) is 0 Å². The number of hydrogen-bond acceptors (Lipinski definition) is 2. The Bertz CT molecular complexity index is 460. The summed E-state index contributed by atoms with van der Waals surface area (Å²) in [5.41, 5.74) is 2.74. The molecule has 2 fully saturated rings. The molecule has 110 valence electrons. The van der Waals surface area contributed by atoms with Crippen molar-refractivity contribution in [3.05, 3.63) is 28.2 Å². The van der Waals surface area contributed by atoms with Gasteiger partial charge < -0.3 is 10.2 Å². The van der Waals surface area contributed by atoms with E-state index in [1.54, 1.807) is 0 Å². The number of piperidine rings is 1. The first-order valence-corrected chi connectivity index (χ1v) is 8.67. The van der Waals surface area contributed by atoms with Gasteiger partial charge in [-0.05, 0) is 92.2 Å². The summed E-state index contributed by atoms with van der Waals surface area (Å²) in [6.07, 6.45) is 6.84. The molecule has 2 unspecified atom stereocenters. The zero-order valence-corrected chi connectivity index (χ0v) is 14.1. The van der Waals surface area contributed by atoms with E-state index in [0.717, 1.165) is 18.0 Å². The molecule has 2 saturated heterocycles. The molecule has 3 heteroatoms. The molecular weight excluding hydrogens is 312 g/mol. The molecule has 2 bridgehead atoms. The number of rotatable bonds is 4. The second-order valence-electron chi connectivity index (χ2n) is 6.48. The fraction of sp³-hybridized carbons (Fsp3) is 0.647. The Morgan fingerprint density at radius 3 is 2.55 bits per heavy atom. The van der Waals surface area contributed by atoms with Crippen molar-refractivity contribution in [2.45, 2.75) is 51.1 Å². The Labute approximate surface area is 131 Å². The molecule has 0 radical (unpaired) electrons. The Hall–Kier alpha value is -0.540. The van der Waals surface area contributed by atoms with Gasteiger partial charge in [-0.15, -0.1) is 0 Å². The van der Waals surface area contributed by atoms with E-state index in [4.69, 9.17) is 0 Å². The van der Waals surface area contributed by atoms with Gasteiger partial charge in [0.1, 0.15) is 0 Å². The van der Waals surface area contributed by atoms with Crippen LogP contribution in [-0.2, 0) is 0 Å². The first-order chi connectivity index (χ1) is 9.69. The van der Waals surface area contributed by atoms with Gasteiger partial charge in [0.05, 0.1) is 5.69 Å². The fourth-order valence-corrected chi connectivity index (χ4v) is 4.79. The number of nitrogens with zero attached hydrogens (tertiary/aromatic N) is 1.